The maximum Gasteiger partial charge on any atom is 0.142 e. The molecule has 0 saturated carbocycles. The minimum Gasteiger partial charge on any atom is -0.324 e. The number of halogens is 5. The van der Waals surface area contributed by atoms with Gasteiger partial charge in [0.2, 0.25) is 0 Å². The molecule has 0 aliphatic rings. The van der Waals surface area contributed by atoms with Crippen molar-refractivity contribution in [3.63, 3.8) is 0 Å². The summed E-state index contributed by atoms with van der Waals surface area (Å²) in [5, 5.41) is 0.0174. The van der Waals surface area contributed by atoms with Gasteiger partial charge in [0.1, 0.15) is 17.5 Å². The van der Waals surface area contributed by atoms with Gasteiger partial charge in [0, 0.05) is 16.6 Å². The van der Waals surface area contributed by atoms with Crippen molar-refractivity contribution in [2.24, 2.45) is 5.73 Å². The molecule has 0 amide bonds. The first kappa shape index (κ1) is 15.2. The van der Waals surface area contributed by atoms with E-state index in [0.29, 0.717) is 5.02 Å². The molecular formula is C14H10Cl2F3N. The maximum atomic E-state index is 13.7. The molecule has 0 saturated heterocycles. The molecule has 0 heterocycles. The number of hydrogen-bond donors (Lipinski definition) is 1. The maximum absolute atomic E-state index is 13.7. The highest BCUT2D eigenvalue weighted by atomic mass is 35.5. The van der Waals surface area contributed by atoms with Crippen molar-refractivity contribution in [3.8, 4) is 0 Å². The predicted molar refractivity (Wildman–Crippen MR) is 73.4 cm³/mol. The lowest BCUT2D eigenvalue weighted by atomic mass is 9.99. The van der Waals surface area contributed by atoms with Gasteiger partial charge < -0.3 is 5.73 Å². The largest absolute Gasteiger partial charge is 0.324 e. The highest BCUT2D eigenvalue weighted by molar-refractivity contribution is 6.31. The monoisotopic (exact) mass is 319 g/mol. The van der Waals surface area contributed by atoms with Gasteiger partial charge in [-0.2, -0.15) is 0 Å². The lowest BCUT2D eigenvalue weighted by Gasteiger charge is -2.14. The minimum atomic E-state index is -0.908. The lowest BCUT2D eigenvalue weighted by Crippen LogP contribution is -2.16. The molecule has 1 atom stereocenters. The van der Waals surface area contributed by atoms with E-state index >= 15 is 0 Å². The molecule has 0 bridgehead atoms. The molecule has 2 rings (SSSR count). The normalized spacial score (nSPS) is 12.5. The van der Waals surface area contributed by atoms with Crippen LogP contribution in [0.1, 0.15) is 17.2 Å². The van der Waals surface area contributed by atoms with Crippen molar-refractivity contribution in [2.75, 3.05) is 0 Å². The Kier molecular flexibility index (Phi) is 4.58. The van der Waals surface area contributed by atoms with E-state index in [1.807, 2.05) is 0 Å². The van der Waals surface area contributed by atoms with Gasteiger partial charge >= 0.3 is 0 Å². The van der Waals surface area contributed by atoms with Crippen LogP contribution in [0.3, 0.4) is 0 Å². The van der Waals surface area contributed by atoms with Gasteiger partial charge in [-0.3, -0.25) is 0 Å². The van der Waals surface area contributed by atoms with E-state index < -0.39 is 23.5 Å². The quantitative estimate of drug-likeness (QED) is 0.818. The second-order valence-corrected chi connectivity index (χ2v) is 5.18. The smallest absolute Gasteiger partial charge is 0.142 e. The van der Waals surface area contributed by atoms with E-state index in [-0.39, 0.29) is 22.6 Å². The first-order valence-corrected chi connectivity index (χ1v) is 6.48. The standard InChI is InChI=1S/C14H10Cl2F3N/c15-8-1-2-11(17)7(3-8)4-14(20)9-5-13(19)10(16)6-12(9)18/h1-3,5-6,14H,4,20H2. The summed E-state index contributed by atoms with van der Waals surface area (Å²) in [5.41, 5.74) is 5.98. The molecule has 1 nitrogen and oxygen atoms in total. The summed E-state index contributed by atoms with van der Waals surface area (Å²) < 4.78 is 40.7. The first-order valence-electron chi connectivity index (χ1n) is 5.72. The fourth-order valence-corrected chi connectivity index (χ4v) is 2.21. The van der Waals surface area contributed by atoms with Crippen LogP contribution in [0.5, 0.6) is 0 Å². The Hall–Kier alpha value is -1.23. The van der Waals surface area contributed by atoms with Crippen molar-refractivity contribution >= 4 is 23.2 Å². The van der Waals surface area contributed by atoms with Crippen LogP contribution in [0.2, 0.25) is 10.0 Å². The molecule has 20 heavy (non-hydrogen) atoms. The van der Waals surface area contributed by atoms with Gasteiger partial charge in [0.25, 0.3) is 0 Å². The number of rotatable bonds is 3. The van der Waals surface area contributed by atoms with E-state index in [2.05, 4.69) is 0 Å². The van der Waals surface area contributed by atoms with Crippen molar-refractivity contribution in [1.29, 1.82) is 0 Å². The van der Waals surface area contributed by atoms with E-state index in [1.54, 1.807) is 0 Å². The molecule has 0 radical (unpaired) electrons. The highest BCUT2D eigenvalue weighted by Crippen LogP contribution is 2.26. The Labute approximate surface area is 124 Å². The molecule has 0 aliphatic heterocycles. The summed E-state index contributed by atoms with van der Waals surface area (Å²) in [6.07, 6.45) is -0.00954. The molecule has 0 spiro atoms. The van der Waals surface area contributed by atoms with Crippen LogP contribution in [0.25, 0.3) is 0 Å². The van der Waals surface area contributed by atoms with Crippen molar-refractivity contribution in [2.45, 2.75) is 12.5 Å². The zero-order valence-corrected chi connectivity index (χ0v) is 11.7. The topological polar surface area (TPSA) is 26.0 Å². The summed E-state index contributed by atoms with van der Waals surface area (Å²) in [6.45, 7) is 0. The summed E-state index contributed by atoms with van der Waals surface area (Å²) in [4.78, 5) is 0. The van der Waals surface area contributed by atoms with Crippen LogP contribution in [-0.4, -0.2) is 0 Å². The SMILES string of the molecule is NC(Cc1cc(Cl)ccc1F)c1cc(F)c(Cl)cc1F. The van der Waals surface area contributed by atoms with Crippen LogP contribution in [0.4, 0.5) is 13.2 Å². The van der Waals surface area contributed by atoms with E-state index in [9.17, 15) is 13.2 Å². The molecule has 2 aromatic rings. The second-order valence-electron chi connectivity index (χ2n) is 4.33. The summed E-state index contributed by atoms with van der Waals surface area (Å²) in [7, 11) is 0. The van der Waals surface area contributed by atoms with Gasteiger partial charge in [-0.25, -0.2) is 13.2 Å². The van der Waals surface area contributed by atoms with Gasteiger partial charge in [-0.1, -0.05) is 23.2 Å². The minimum absolute atomic E-state index is 0.00954. The third-order valence-electron chi connectivity index (χ3n) is 2.89. The molecule has 0 aromatic heterocycles. The molecule has 2 N–H and O–H groups in total. The summed E-state index contributed by atoms with van der Waals surface area (Å²) in [5.74, 6) is -2.00. The molecule has 106 valence electrons. The van der Waals surface area contributed by atoms with Gasteiger partial charge in [0.15, 0.2) is 0 Å². The lowest BCUT2D eigenvalue weighted by molar-refractivity contribution is 0.551. The zero-order chi connectivity index (χ0) is 14.9. The van der Waals surface area contributed by atoms with Crippen LogP contribution in [0.15, 0.2) is 30.3 Å². The molecule has 1 unspecified atom stereocenters. The summed E-state index contributed by atoms with van der Waals surface area (Å²) >= 11 is 11.2. The van der Waals surface area contributed by atoms with Gasteiger partial charge in [0.05, 0.1) is 5.02 Å². The summed E-state index contributed by atoms with van der Waals surface area (Å²) in [6, 6.07) is 4.86. The molecule has 6 heteroatoms. The third kappa shape index (κ3) is 3.26. The Morgan fingerprint density at radius 2 is 1.65 bits per heavy atom. The van der Waals surface area contributed by atoms with Crippen molar-refractivity contribution in [1.82, 2.24) is 0 Å². The fraction of sp³-hybridized carbons (Fsp3) is 0.143. The second kappa shape index (κ2) is 6.04. The predicted octanol–water partition coefficient (Wildman–Crippen LogP) is 4.65. The first-order chi connectivity index (χ1) is 9.38. The number of hydrogen-bond acceptors (Lipinski definition) is 1. The van der Waals surface area contributed by atoms with Crippen molar-refractivity contribution < 1.29 is 13.2 Å². The number of benzene rings is 2. The Bertz CT molecular complexity index is 647. The zero-order valence-electron chi connectivity index (χ0n) is 10.1. The highest BCUT2D eigenvalue weighted by Gasteiger charge is 2.17. The molecule has 2 aromatic carbocycles. The average Bonchev–Trinajstić information content (AvgIpc) is 2.38. The van der Waals surface area contributed by atoms with Crippen molar-refractivity contribution in [3.05, 3.63) is 69.0 Å². The average molecular weight is 320 g/mol. The number of nitrogens with two attached hydrogens (primary N) is 1. The van der Waals surface area contributed by atoms with E-state index in [4.69, 9.17) is 28.9 Å². The van der Waals surface area contributed by atoms with Crippen LogP contribution in [0, 0.1) is 17.5 Å². The fourth-order valence-electron chi connectivity index (χ4n) is 1.87. The van der Waals surface area contributed by atoms with E-state index in [1.165, 1.54) is 18.2 Å². The van der Waals surface area contributed by atoms with E-state index in [0.717, 1.165) is 12.1 Å². The Morgan fingerprint density at radius 3 is 2.35 bits per heavy atom. The van der Waals surface area contributed by atoms with Crippen LogP contribution < -0.4 is 5.73 Å². The van der Waals surface area contributed by atoms with Gasteiger partial charge in [-0.05, 0) is 42.3 Å². The van der Waals surface area contributed by atoms with Gasteiger partial charge in [-0.15, -0.1) is 0 Å². The molecule has 0 fully saturated rings. The Balaban J connectivity index is 2.30. The van der Waals surface area contributed by atoms with Crippen LogP contribution in [-0.2, 0) is 6.42 Å². The van der Waals surface area contributed by atoms with Crippen LogP contribution >= 0.6 is 23.2 Å². The molecule has 0 aliphatic carbocycles. The molecular weight excluding hydrogens is 310 g/mol. The third-order valence-corrected chi connectivity index (χ3v) is 3.41. The Morgan fingerprint density at radius 1 is 0.950 bits per heavy atom.